The van der Waals surface area contributed by atoms with Gasteiger partial charge in [-0.2, -0.15) is 0 Å². The van der Waals surface area contributed by atoms with Crippen LogP contribution in [0.15, 0.2) is 0 Å². The van der Waals surface area contributed by atoms with Gasteiger partial charge in [0.1, 0.15) is 0 Å². The summed E-state index contributed by atoms with van der Waals surface area (Å²) in [6.45, 7) is 3.21. The highest BCUT2D eigenvalue weighted by atomic mass is 16.6. The lowest BCUT2D eigenvalue weighted by atomic mass is 10.0. The highest BCUT2D eigenvalue weighted by Crippen LogP contribution is 2.29. The summed E-state index contributed by atoms with van der Waals surface area (Å²) in [5.74, 6) is -0.786. The Morgan fingerprint density at radius 1 is 1.71 bits per heavy atom. The second kappa shape index (κ2) is 3.96. The predicted octanol–water partition coefficient (Wildman–Crippen LogP) is 0.270. The predicted molar refractivity (Wildman–Crippen MR) is 46.5 cm³/mol. The summed E-state index contributed by atoms with van der Waals surface area (Å²) < 4.78 is 15.0. The first kappa shape index (κ1) is 11.0. The van der Waals surface area contributed by atoms with Crippen LogP contribution in [-0.4, -0.2) is 37.4 Å². The zero-order valence-electron chi connectivity index (χ0n) is 8.53. The normalized spacial score (nSPS) is 31.4. The first-order valence-corrected chi connectivity index (χ1v) is 4.36. The van der Waals surface area contributed by atoms with E-state index < -0.39 is 17.7 Å². The largest absolute Gasteiger partial charge is 0.458 e. The van der Waals surface area contributed by atoms with E-state index in [-0.39, 0.29) is 19.0 Å². The molecule has 1 aliphatic heterocycles. The molecule has 2 atom stereocenters. The average molecular weight is 202 g/mol. The molecular weight excluding hydrogens is 188 g/mol. The van der Waals surface area contributed by atoms with Gasteiger partial charge in [-0.3, -0.25) is 9.59 Å². The molecule has 0 aromatic carbocycles. The van der Waals surface area contributed by atoms with Crippen molar-refractivity contribution in [3.63, 3.8) is 0 Å². The number of hydrogen-bond donors (Lipinski definition) is 0. The molecule has 5 heteroatoms. The summed E-state index contributed by atoms with van der Waals surface area (Å²) in [6, 6.07) is 0. The third-order valence-electron chi connectivity index (χ3n) is 2.12. The van der Waals surface area contributed by atoms with Crippen molar-refractivity contribution in [1.29, 1.82) is 0 Å². The summed E-state index contributed by atoms with van der Waals surface area (Å²) in [4.78, 5) is 21.8. The zero-order valence-corrected chi connectivity index (χ0v) is 8.53. The fourth-order valence-electron chi connectivity index (χ4n) is 1.51. The number of esters is 2. The highest BCUT2D eigenvalue weighted by Gasteiger charge is 2.48. The molecule has 0 aromatic rings. The summed E-state index contributed by atoms with van der Waals surface area (Å²) in [7, 11) is 1.50. The molecule has 1 fully saturated rings. The number of carbonyl (C=O) groups is 2. The first-order valence-electron chi connectivity index (χ1n) is 4.36. The van der Waals surface area contributed by atoms with Gasteiger partial charge in [-0.1, -0.05) is 0 Å². The van der Waals surface area contributed by atoms with Crippen LogP contribution >= 0.6 is 0 Å². The van der Waals surface area contributed by atoms with E-state index in [1.165, 1.54) is 14.0 Å². The van der Waals surface area contributed by atoms with E-state index in [1.54, 1.807) is 6.92 Å². The van der Waals surface area contributed by atoms with Crippen LogP contribution in [0.4, 0.5) is 0 Å². The molecule has 1 saturated heterocycles. The summed E-state index contributed by atoms with van der Waals surface area (Å²) >= 11 is 0. The Kier molecular flexibility index (Phi) is 3.10. The van der Waals surface area contributed by atoms with Crippen LogP contribution in [0, 0.1) is 0 Å². The average Bonchev–Trinajstić information content (AvgIpc) is 2.26. The van der Waals surface area contributed by atoms with Crippen molar-refractivity contribution in [2.75, 3.05) is 13.7 Å². The molecule has 1 heterocycles. The van der Waals surface area contributed by atoms with E-state index in [0.717, 1.165) is 0 Å². The molecule has 14 heavy (non-hydrogen) atoms. The Bertz CT molecular complexity index is 250. The van der Waals surface area contributed by atoms with Gasteiger partial charge in [0, 0.05) is 14.0 Å². The quantitative estimate of drug-likeness (QED) is 0.615. The molecule has 0 spiro atoms. The maximum absolute atomic E-state index is 11.1. The van der Waals surface area contributed by atoms with Crippen LogP contribution < -0.4 is 0 Å². The standard InChI is InChI=1S/C9H14O5/c1-6(10)13-7-4-8(11)14-9(7,2)5-12-3/h7H,4-5H2,1-3H3. The summed E-state index contributed by atoms with van der Waals surface area (Å²) in [6.07, 6.45) is -0.452. The molecule has 0 aromatic heterocycles. The minimum atomic E-state index is -0.850. The van der Waals surface area contributed by atoms with E-state index in [2.05, 4.69) is 0 Å². The second-order valence-electron chi connectivity index (χ2n) is 3.52. The number of methoxy groups -OCH3 is 1. The van der Waals surface area contributed by atoms with E-state index in [1.807, 2.05) is 0 Å². The smallest absolute Gasteiger partial charge is 0.310 e. The fourth-order valence-corrected chi connectivity index (χ4v) is 1.51. The van der Waals surface area contributed by atoms with Crippen molar-refractivity contribution >= 4 is 11.9 Å². The molecule has 1 rings (SSSR count). The third kappa shape index (κ3) is 2.23. The maximum atomic E-state index is 11.1. The molecule has 0 amide bonds. The van der Waals surface area contributed by atoms with Crippen LogP contribution in [0.3, 0.4) is 0 Å². The van der Waals surface area contributed by atoms with Crippen LogP contribution in [-0.2, 0) is 23.8 Å². The van der Waals surface area contributed by atoms with Crippen LogP contribution in [0.25, 0.3) is 0 Å². The lowest BCUT2D eigenvalue weighted by Gasteiger charge is -2.27. The Labute approximate surface area is 82.3 Å². The first-order chi connectivity index (χ1) is 6.48. The fraction of sp³-hybridized carbons (Fsp3) is 0.778. The van der Waals surface area contributed by atoms with Gasteiger partial charge in [-0.05, 0) is 6.92 Å². The van der Waals surface area contributed by atoms with E-state index in [9.17, 15) is 9.59 Å². The Morgan fingerprint density at radius 3 is 2.86 bits per heavy atom. The molecule has 80 valence electrons. The molecule has 2 unspecified atom stereocenters. The minimum absolute atomic E-state index is 0.0967. The summed E-state index contributed by atoms with van der Waals surface area (Å²) in [5.41, 5.74) is -0.850. The van der Waals surface area contributed by atoms with Crippen molar-refractivity contribution in [3.8, 4) is 0 Å². The SMILES string of the molecule is COCC1(C)OC(=O)CC1OC(C)=O. The Balaban J connectivity index is 2.70. The maximum Gasteiger partial charge on any atom is 0.310 e. The second-order valence-corrected chi connectivity index (χ2v) is 3.52. The summed E-state index contributed by atoms with van der Waals surface area (Å²) in [5, 5.41) is 0. The molecule has 0 bridgehead atoms. The van der Waals surface area contributed by atoms with Gasteiger partial charge in [0.2, 0.25) is 0 Å². The van der Waals surface area contributed by atoms with Crippen molar-refractivity contribution in [3.05, 3.63) is 0 Å². The third-order valence-corrected chi connectivity index (χ3v) is 2.12. The molecule has 5 nitrogen and oxygen atoms in total. The van der Waals surface area contributed by atoms with Crippen LogP contribution in [0.1, 0.15) is 20.3 Å². The molecule has 1 aliphatic rings. The Hall–Kier alpha value is -1.10. The topological polar surface area (TPSA) is 61.8 Å². The van der Waals surface area contributed by atoms with Crippen molar-refractivity contribution in [2.45, 2.75) is 32.0 Å². The van der Waals surface area contributed by atoms with Crippen molar-refractivity contribution in [1.82, 2.24) is 0 Å². The lowest BCUT2D eigenvalue weighted by molar-refractivity contribution is -0.166. The zero-order chi connectivity index (χ0) is 10.8. The number of carbonyl (C=O) groups excluding carboxylic acids is 2. The van der Waals surface area contributed by atoms with Gasteiger partial charge in [0.15, 0.2) is 11.7 Å². The lowest BCUT2D eigenvalue weighted by Crippen LogP contribution is -2.42. The van der Waals surface area contributed by atoms with Crippen molar-refractivity contribution < 1.29 is 23.8 Å². The van der Waals surface area contributed by atoms with Crippen LogP contribution in [0.2, 0.25) is 0 Å². The number of rotatable bonds is 3. The van der Waals surface area contributed by atoms with E-state index in [0.29, 0.717) is 0 Å². The van der Waals surface area contributed by atoms with E-state index >= 15 is 0 Å². The van der Waals surface area contributed by atoms with Gasteiger partial charge < -0.3 is 14.2 Å². The molecular formula is C9H14O5. The number of cyclic esters (lactones) is 1. The Morgan fingerprint density at radius 2 is 2.36 bits per heavy atom. The number of hydrogen-bond acceptors (Lipinski definition) is 5. The minimum Gasteiger partial charge on any atom is -0.458 e. The van der Waals surface area contributed by atoms with Gasteiger partial charge in [-0.15, -0.1) is 0 Å². The van der Waals surface area contributed by atoms with E-state index in [4.69, 9.17) is 14.2 Å². The van der Waals surface area contributed by atoms with Crippen molar-refractivity contribution in [2.24, 2.45) is 0 Å². The van der Waals surface area contributed by atoms with Gasteiger partial charge in [0.25, 0.3) is 0 Å². The molecule has 0 saturated carbocycles. The molecule has 0 N–H and O–H groups in total. The monoisotopic (exact) mass is 202 g/mol. The van der Waals surface area contributed by atoms with Crippen LogP contribution in [0.5, 0.6) is 0 Å². The van der Waals surface area contributed by atoms with Gasteiger partial charge in [0.05, 0.1) is 13.0 Å². The molecule has 0 radical (unpaired) electrons. The van der Waals surface area contributed by atoms with Gasteiger partial charge >= 0.3 is 11.9 Å². The number of ether oxygens (including phenoxy) is 3. The van der Waals surface area contributed by atoms with Gasteiger partial charge in [-0.25, -0.2) is 0 Å². The highest BCUT2D eigenvalue weighted by molar-refractivity contribution is 5.75. The molecule has 0 aliphatic carbocycles.